The Morgan fingerprint density at radius 1 is 1.20 bits per heavy atom. The topological polar surface area (TPSA) is 21.3 Å². The average molecular weight is 402 g/mol. The Morgan fingerprint density at radius 2 is 1.95 bits per heavy atom. The summed E-state index contributed by atoms with van der Waals surface area (Å²) in [7, 11) is 1.95. The SMILES string of the molecule is CCOc1cccc(C(NC)c2ccc(I)c(Cl)c2)c1. The molecule has 0 amide bonds. The fraction of sp³-hybridized carbons (Fsp3) is 0.250. The molecule has 2 nitrogen and oxygen atoms in total. The first-order valence-corrected chi connectivity index (χ1v) is 7.96. The van der Waals surface area contributed by atoms with E-state index in [1.807, 2.05) is 38.2 Å². The van der Waals surface area contributed by atoms with Gasteiger partial charge in [0, 0.05) is 3.57 Å². The number of hydrogen-bond donors (Lipinski definition) is 1. The summed E-state index contributed by atoms with van der Waals surface area (Å²) in [6, 6.07) is 14.4. The molecule has 106 valence electrons. The first-order chi connectivity index (χ1) is 9.65. The number of hydrogen-bond acceptors (Lipinski definition) is 2. The first kappa shape index (κ1) is 15.6. The van der Waals surface area contributed by atoms with Crippen LogP contribution in [0.4, 0.5) is 0 Å². The van der Waals surface area contributed by atoms with Crippen LogP contribution < -0.4 is 10.1 Å². The average Bonchev–Trinajstić information content (AvgIpc) is 2.44. The summed E-state index contributed by atoms with van der Waals surface area (Å²) >= 11 is 8.46. The van der Waals surface area contributed by atoms with Crippen molar-refractivity contribution in [1.82, 2.24) is 5.32 Å². The van der Waals surface area contributed by atoms with Crippen LogP contribution in [0.1, 0.15) is 24.1 Å². The fourth-order valence-electron chi connectivity index (χ4n) is 2.17. The minimum absolute atomic E-state index is 0.102. The van der Waals surface area contributed by atoms with Crippen LogP contribution in [0.15, 0.2) is 42.5 Å². The summed E-state index contributed by atoms with van der Waals surface area (Å²) in [5.41, 5.74) is 2.31. The maximum absolute atomic E-state index is 6.22. The Bertz CT molecular complexity index is 588. The van der Waals surface area contributed by atoms with Gasteiger partial charge in [-0.2, -0.15) is 0 Å². The normalized spacial score (nSPS) is 12.2. The summed E-state index contributed by atoms with van der Waals surface area (Å²) in [5, 5.41) is 4.12. The van der Waals surface area contributed by atoms with Gasteiger partial charge in [0.05, 0.1) is 17.7 Å². The minimum Gasteiger partial charge on any atom is -0.494 e. The molecule has 20 heavy (non-hydrogen) atoms. The Balaban J connectivity index is 2.36. The maximum Gasteiger partial charge on any atom is 0.119 e. The second kappa shape index (κ2) is 7.29. The zero-order valence-electron chi connectivity index (χ0n) is 11.5. The Hall–Kier alpha value is -0.780. The Labute approximate surface area is 138 Å². The van der Waals surface area contributed by atoms with Crippen LogP contribution in [-0.4, -0.2) is 13.7 Å². The number of ether oxygens (including phenoxy) is 1. The van der Waals surface area contributed by atoms with Crippen LogP contribution in [0.25, 0.3) is 0 Å². The number of rotatable bonds is 5. The zero-order chi connectivity index (χ0) is 14.5. The van der Waals surface area contributed by atoms with Crippen molar-refractivity contribution in [2.75, 3.05) is 13.7 Å². The molecule has 0 aliphatic carbocycles. The molecule has 0 saturated carbocycles. The monoisotopic (exact) mass is 401 g/mol. The van der Waals surface area contributed by atoms with Crippen molar-refractivity contribution in [3.05, 3.63) is 62.2 Å². The number of halogens is 2. The van der Waals surface area contributed by atoms with Crippen molar-refractivity contribution >= 4 is 34.2 Å². The van der Waals surface area contributed by atoms with Crippen LogP contribution in [0.3, 0.4) is 0 Å². The van der Waals surface area contributed by atoms with Crippen LogP contribution >= 0.6 is 34.2 Å². The predicted molar refractivity (Wildman–Crippen MR) is 92.7 cm³/mol. The standard InChI is InChI=1S/C16H17ClINO/c1-3-20-13-6-4-5-11(9-13)16(19-2)12-7-8-15(18)14(17)10-12/h4-10,16,19H,3H2,1-2H3. The molecule has 2 rings (SSSR count). The number of nitrogens with one attached hydrogen (secondary N) is 1. The summed E-state index contributed by atoms with van der Waals surface area (Å²) in [4.78, 5) is 0. The molecule has 0 spiro atoms. The molecule has 2 aromatic rings. The van der Waals surface area contributed by atoms with Gasteiger partial charge >= 0.3 is 0 Å². The van der Waals surface area contributed by atoms with Gasteiger partial charge in [-0.1, -0.05) is 29.8 Å². The minimum atomic E-state index is 0.102. The Kier molecular flexibility index (Phi) is 5.69. The Morgan fingerprint density at radius 3 is 2.60 bits per heavy atom. The third-order valence-electron chi connectivity index (χ3n) is 3.07. The summed E-state index contributed by atoms with van der Waals surface area (Å²) in [6.07, 6.45) is 0. The molecule has 1 atom stereocenters. The van der Waals surface area contributed by atoms with Gasteiger partial charge in [-0.05, 0) is 72.0 Å². The fourth-order valence-corrected chi connectivity index (χ4v) is 2.69. The molecule has 0 heterocycles. The molecule has 0 aliphatic heterocycles. The molecule has 0 aromatic heterocycles. The second-order valence-electron chi connectivity index (χ2n) is 4.40. The van der Waals surface area contributed by atoms with Gasteiger partial charge in [0.15, 0.2) is 0 Å². The van der Waals surface area contributed by atoms with E-state index in [1.165, 1.54) is 0 Å². The molecule has 0 fully saturated rings. The molecule has 1 N–H and O–H groups in total. The van der Waals surface area contributed by atoms with Gasteiger partial charge in [0.1, 0.15) is 5.75 Å². The van der Waals surface area contributed by atoms with Gasteiger partial charge in [-0.3, -0.25) is 0 Å². The molecule has 0 aliphatic rings. The predicted octanol–water partition coefficient (Wildman–Crippen LogP) is 4.65. The molecule has 2 aromatic carbocycles. The summed E-state index contributed by atoms with van der Waals surface area (Å²) in [6.45, 7) is 2.66. The smallest absolute Gasteiger partial charge is 0.119 e. The van der Waals surface area contributed by atoms with Crippen molar-refractivity contribution < 1.29 is 4.74 Å². The molecular weight excluding hydrogens is 385 g/mol. The molecule has 0 saturated heterocycles. The van der Waals surface area contributed by atoms with E-state index in [4.69, 9.17) is 16.3 Å². The lowest BCUT2D eigenvalue weighted by atomic mass is 9.99. The first-order valence-electron chi connectivity index (χ1n) is 6.50. The summed E-state index contributed by atoms with van der Waals surface area (Å²) < 4.78 is 6.63. The van der Waals surface area contributed by atoms with Crippen molar-refractivity contribution in [3.8, 4) is 5.75 Å². The van der Waals surface area contributed by atoms with Crippen LogP contribution in [0, 0.1) is 3.57 Å². The lowest BCUT2D eigenvalue weighted by molar-refractivity contribution is 0.339. The highest BCUT2D eigenvalue weighted by Gasteiger charge is 2.13. The molecule has 4 heteroatoms. The van der Waals surface area contributed by atoms with Crippen LogP contribution in [0.5, 0.6) is 5.75 Å². The summed E-state index contributed by atoms with van der Waals surface area (Å²) in [5.74, 6) is 0.891. The molecule has 1 unspecified atom stereocenters. The maximum atomic E-state index is 6.22. The van der Waals surface area contributed by atoms with E-state index in [1.54, 1.807) is 0 Å². The van der Waals surface area contributed by atoms with Crippen LogP contribution in [-0.2, 0) is 0 Å². The third kappa shape index (κ3) is 3.65. The lowest BCUT2D eigenvalue weighted by Crippen LogP contribution is -2.17. The molecule has 0 bridgehead atoms. The lowest BCUT2D eigenvalue weighted by Gasteiger charge is -2.18. The van der Waals surface area contributed by atoms with Gasteiger partial charge in [0.2, 0.25) is 0 Å². The largest absolute Gasteiger partial charge is 0.494 e. The zero-order valence-corrected chi connectivity index (χ0v) is 14.4. The van der Waals surface area contributed by atoms with Gasteiger partial charge in [0.25, 0.3) is 0 Å². The van der Waals surface area contributed by atoms with Gasteiger partial charge in [-0.25, -0.2) is 0 Å². The molecule has 0 radical (unpaired) electrons. The highest BCUT2D eigenvalue weighted by molar-refractivity contribution is 14.1. The quantitative estimate of drug-likeness (QED) is 0.736. The van der Waals surface area contributed by atoms with E-state index in [9.17, 15) is 0 Å². The molecular formula is C16H17ClINO. The van der Waals surface area contributed by atoms with Crippen LogP contribution in [0.2, 0.25) is 5.02 Å². The van der Waals surface area contributed by atoms with Crippen molar-refractivity contribution in [3.63, 3.8) is 0 Å². The highest BCUT2D eigenvalue weighted by Crippen LogP contribution is 2.28. The van der Waals surface area contributed by atoms with E-state index < -0.39 is 0 Å². The van der Waals surface area contributed by atoms with E-state index in [2.05, 4.69) is 46.1 Å². The van der Waals surface area contributed by atoms with Crippen molar-refractivity contribution in [1.29, 1.82) is 0 Å². The third-order valence-corrected chi connectivity index (χ3v) is 4.64. The number of benzene rings is 2. The highest BCUT2D eigenvalue weighted by atomic mass is 127. The van der Waals surface area contributed by atoms with Gasteiger partial charge in [-0.15, -0.1) is 0 Å². The van der Waals surface area contributed by atoms with Crippen molar-refractivity contribution in [2.24, 2.45) is 0 Å². The van der Waals surface area contributed by atoms with Crippen molar-refractivity contribution in [2.45, 2.75) is 13.0 Å². The van der Waals surface area contributed by atoms with E-state index >= 15 is 0 Å². The van der Waals surface area contributed by atoms with E-state index in [0.29, 0.717) is 6.61 Å². The van der Waals surface area contributed by atoms with Gasteiger partial charge < -0.3 is 10.1 Å². The second-order valence-corrected chi connectivity index (χ2v) is 5.97. The van der Waals surface area contributed by atoms with E-state index in [0.717, 1.165) is 25.5 Å². The van der Waals surface area contributed by atoms with E-state index in [-0.39, 0.29) is 6.04 Å².